The van der Waals surface area contributed by atoms with Gasteiger partial charge in [0.05, 0.1) is 6.54 Å². The van der Waals surface area contributed by atoms with E-state index in [9.17, 15) is 4.79 Å². The Morgan fingerprint density at radius 3 is 2.61 bits per heavy atom. The van der Waals surface area contributed by atoms with Gasteiger partial charge >= 0.3 is 0 Å². The zero-order chi connectivity index (χ0) is 13.8. The van der Waals surface area contributed by atoms with Gasteiger partial charge in [-0.15, -0.1) is 11.3 Å². The third-order valence-electron chi connectivity index (χ3n) is 2.83. The topological polar surface area (TPSA) is 46.3 Å². The first-order valence-electron chi connectivity index (χ1n) is 6.40. The molecule has 4 heteroatoms. The minimum atomic E-state index is -0.277. The van der Waals surface area contributed by atoms with E-state index in [1.807, 2.05) is 30.2 Å². The van der Waals surface area contributed by atoms with Crippen LogP contribution < -0.4 is 5.73 Å². The van der Waals surface area contributed by atoms with E-state index in [2.05, 4.69) is 19.9 Å². The Bertz CT molecular complexity index is 366. The van der Waals surface area contributed by atoms with Crippen LogP contribution in [-0.4, -0.2) is 22.4 Å². The second kappa shape index (κ2) is 6.34. The van der Waals surface area contributed by atoms with E-state index < -0.39 is 0 Å². The minimum absolute atomic E-state index is 0.192. The summed E-state index contributed by atoms with van der Waals surface area (Å²) in [6.07, 6.45) is 1.24. The second-order valence-corrected chi connectivity index (χ2v) is 6.72. The molecule has 0 fully saturated rings. The van der Waals surface area contributed by atoms with E-state index in [1.165, 1.54) is 4.88 Å². The van der Waals surface area contributed by atoms with Gasteiger partial charge in [0.25, 0.3) is 0 Å². The third kappa shape index (κ3) is 5.19. The van der Waals surface area contributed by atoms with Gasteiger partial charge in [0.15, 0.2) is 0 Å². The average molecular weight is 268 g/mol. The Labute approximate surface area is 114 Å². The largest absolute Gasteiger partial charge is 0.335 e. The highest BCUT2D eigenvalue weighted by Crippen LogP contribution is 2.16. The van der Waals surface area contributed by atoms with Crippen LogP contribution in [0, 0.1) is 0 Å². The maximum absolute atomic E-state index is 12.2. The van der Waals surface area contributed by atoms with Crippen molar-refractivity contribution in [3.63, 3.8) is 0 Å². The van der Waals surface area contributed by atoms with Crippen LogP contribution in [0.5, 0.6) is 0 Å². The summed E-state index contributed by atoms with van der Waals surface area (Å²) < 4.78 is 0. The Balaban J connectivity index is 2.59. The highest BCUT2D eigenvalue weighted by atomic mass is 32.1. The monoisotopic (exact) mass is 268 g/mol. The Morgan fingerprint density at radius 1 is 1.50 bits per heavy atom. The van der Waals surface area contributed by atoms with Gasteiger partial charge in [0, 0.05) is 22.9 Å². The molecule has 0 saturated heterocycles. The number of hydrogen-bond donors (Lipinski definition) is 1. The van der Waals surface area contributed by atoms with E-state index in [-0.39, 0.29) is 17.5 Å². The van der Waals surface area contributed by atoms with Crippen LogP contribution in [-0.2, 0) is 11.3 Å². The molecule has 1 amide bonds. The van der Waals surface area contributed by atoms with Crippen molar-refractivity contribution >= 4 is 17.2 Å². The lowest BCUT2D eigenvalue weighted by atomic mass is 9.99. The molecule has 2 N–H and O–H groups in total. The van der Waals surface area contributed by atoms with Gasteiger partial charge in [-0.2, -0.15) is 0 Å². The van der Waals surface area contributed by atoms with E-state index in [0.29, 0.717) is 13.0 Å². The van der Waals surface area contributed by atoms with Gasteiger partial charge in [-0.25, -0.2) is 0 Å². The molecule has 0 unspecified atom stereocenters. The van der Waals surface area contributed by atoms with Gasteiger partial charge in [0.2, 0.25) is 5.91 Å². The summed E-state index contributed by atoms with van der Waals surface area (Å²) >= 11 is 1.69. The normalized spacial score (nSPS) is 11.9. The molecular formula is C14H24N2OS. The summed E-state index contributed by atoms with van der Waals surface area (Å²) in [5, 5.41) is 2.04. The zero-order valence-corrected chi connectivity index (χ0v) is 12.6. The first kappa shape index (κ1) is 15.2. The fourth-order valence-electron chi connectivity index (χ4n) is 1.70. The van der Waals surface area contributed by atoms with Crippen molar-refractivity contribution in [3.8, 4) is 0 Å². The number of nitrogens with zero attached hydrogens (tertiary/aromatic N) is 1. The van der Waals surface area contributed by atoms with Crippen molar-refractivity contribution in [1.82, 2.24) is 4.90 Å². The van der Waals surface area contributed by atoms with Gasteiger partial charge < -0.3 is 10.6 Å². The van der Waals surface area contributed by atoms with Crippen LogP contribution in [0.25, 0.3) is 0 Å². The van der Waals surface area contributed by atoms with E-state index in [1.54, 1.807) is 11.3 Å². The smallest absolute Gasteiger partial charge is 0.223 e. The first-order chi connectivity index (χ1) is 8.29. The van der Waals surface area contributed by atoms with Crippen LogP contribution >= 0.6 is 11.3 Å². The predicted octanol–water partition coefficient (Wildman–Crippen LogP) is 3.00. The van der Waals surface area contributed by atoms with Crippen LogP contribution in [0.2, 0.25) is 0 Å². The SMILES string of the molecule is CC(C)N(Cc1cccs1)C(=O)CCC(C)(C)N. The number of amides is 1. The summed E-state index contributed by atoms with van der Waals surface area (Å²) in [5.74, 6) is 0.192. The van der Waals surface area contributed by atoms with Crippen molar-refractivity contribution in [2.45, 2.75) is 58.7 Å². The summed E-state index contributed by atoms with van der Waals surface area (Å²) in [7, 11) is 0. The standard InChI is InChI=1S/C14H24N2OS/c1-11(2)16(10-12-6-5-9-18-12)13(17)7-8-14(3,4)15/h5-6,9,11H,7-8,10,15H2,1-4H3. The lowest BCUT2D eigenvalue weighted by Gasteiger charge is -2.28. The Kier molecular flexibility index (Phi) is 5.35. The fourth-order valence-corrected chi connectivity index (χ4v) is 2.40. The van der Waals surface area contributed by atoms with Crippen molar-refractivity contribution in [2.75, 3.05) is 0 Å². The van der Waals surface area contributed by atoms with Gasteiger partial charge in [-0.05, 0) is 45.6 Å². The van der Waals surface area contributed by atoms with Crippen LogP contribution in [0.3, 0.4) is 0 Å². The number of nitrogens with two attached hydrogens (primary N) is 1. The van der Waals surface area contributed by atoms with Gasteiger partial charge in [-0.1, -0.05) is 6.07 Å². The molecule has 0 aliphatic rings. The molecule has 0 aromatic carbocycles. The van der Waals surface area contributed by atoms with Crippen LogP contribution in [0.4, 0.5) is 0 Å². The molecule has 3 nitrogen and oxygen atoms in total. The summed E-state index contributed by atoms with van der Waals surface area (Å²) in [6.45, 7) is 8.73. The van der Waals surface area contributed by atoms with Crippen LogP contribution in [0.15, 0.2) is 17.5 Å². The van der Waals surface area contributed by atoms with E-state index in [4.69, 9.17) is 5.73 Å². The summed E-state index contributed by atoms with van der Waals surface area (Å²) in [5.41, 5.74) is 5.65. The number of rotatable bonds is 6. The Hall–Kier alpha value is -0.870. The maximum atomic E-state index is 12.2. The molecule has 0 bridgehead atoms. The lowest BCUT2D eigenvalue weighted by molar-refractivity contribution is -0.133. The molecule has 0 saturated carbocycles. The molecular weight excluding hydrogens is 244 g/mol. The first-order valence-corrected chi connectivity index (χ1v) is 7.28. The summed E-state index contributed by atoms with van der Waals surface area (Å²) in [4.78, 5) is 15.4. The molecule has 0 spiro atoms. The van der Waals surface area contributed by atoms with Crippen LogP contribution in [0.1, 0.15) is 45.4 Å². The molecule has 1 aromatic heterocycles. The second-order valence-electron chi connectivity index (χ2n) is 5.68. The molecule has 1 heterocycles. The van der Waals surface area contributed by atoms with Crippen molar-refractivity contribution < 1.29 is 4.79 Å². The molecule has 0 radical (unpaired) electrons. The van der Waals surface area contributed by atoms with Gasteiger partial charge in [-0.3, -0.25) is 4.79 Å². The Morgan fingerprint density at radius 2 is 2.17 bits per heavy atom. The molecule has 1 aromatic rings. The highest BCUT2D eigenvalue weighted by molar-refractivity contribution is 7.09. The molecule has 0 aliphatic heterocycles. The van der Waals surface area contributed by atoms with E-state index >= 15 is 0 Å². The van der Waals surface area contributed by atoms with Crippen molar-refractivity contribution in [3.05, 3.63) is 22.4 Å². The number of carbonyl (C=O) groups is 1. The third-order valence-corrected chi connectivity index (χ3v) is 3.69. The quantitative estimate of drug-likeness (QED) is 0.862. The number of thiophene rings is 1. The van der Waals surface area contributed by atoms with E-state index in [0.717, 1.165) is 6.42 Å². The number of carbonyl (C=O) groups excluding carboxylic acids is 1. The maximum Gasteiger partial charge on any atom is 0.223 e. The molecule has 102 valence electrons. The molecule has 18 heavy (non-hydrogen) atoms. The molecule has 0 aliphatic carbocycles. The van der Waals surface area contributed by atoms with Gasteiger partial charge in [0.1, 0.15) is 0 Å². The van der Waals surface area contributed by atoms with Crippen molar-refractivity contribution in [1.29, 1.82) is 0 Å². The molecule has 0 atom stereocenters. The average Bonchev–Trinajstić information content (AvgIpc) is 2.73. The summed E-state index contributed by atoms with van der Waals surface area (Å²) in [6, 6.07) is 4.31. The number of hydrogen-bond acceptors (Lipinski definition) is 3. The minimum Gasteiger partial charge on any atom is -0.335 e. The predicted molar refractivity (Wildman–Crippen MR) is 77.5 cm³/mol. The van der Waals surface area contributed by atoms with Crippen molar-refractivity contribution in [2.24, 2.45) is 5.73 Å². The fraction of sp³-hybridized carbons (Fsp3) is 0.643. The highest BCUT2D eigenvalue weighted by Gasteiger charge is 2.20. The zero-order valence-electron chi connectivity index (χ0n) is 11.8. The lowest BCUT2D eigenvalue weighted by Crippen LogP contribution is -2.39. The molecule has 1 rings (SSSR count).